The van der Waals surface area contributed by atoms with Gasteiger partial charge in [-0.25, -0.2) is 4.79 Å². The van der Waals surface area contributed by atoms with Crippen molar-refractivity contribution in [3.63, 3.8) is 0 Å². The van der Waals surface area contributed by atoms with E-state index < -0.39 is 30.3 Å². The van der Waals surface area contributed by atoms with Crippen LogP contribution < -0.4 is 10.6 Å². The van der Waals surface area contributed by atoms with Crippen molar-refractivity contribution in [2.45, 2.75) is 18.9 Å². The molecule has 0 unspecified atom stereocenters. The molecular weight excluding hydrogens is 300 g/mol. The van der Waals surface area contributed by atoms with Crippen molar-refractivity contribution in [3.05, 3.63) is 22.4 Å². The van der Waals surface area contributed by atoms with Gasteiger partial charge in [-0.05, 0) is 11.4 Å². The lowest BCUT2D eigenvalue weighted by Crippen LogP contribution is -2.43. The van der Waals surface area contributed by atoms with Gasteiger partial charge in [0.2, 0.25) is 5.91 Å². The van der Waals surface area contributed by atoms with Crippen LogP contribution in [0.2, 0.25) is 0 Å². The van der Waals surface area contributed by atoms with E-state index in [-0.39, 0.29) is 18.9 Å². The van der Waals surface area contributed by atoms with Crippen molar-refractivity contribution in [1.82, 2.24) is 10.6 Å². The Hall–Kier alpha value is -2.42. The van der Waals surface area contributed by atoms with Crippen molar-refractivity contribution in [1.29, 1.82) is 0 Å². The lowest BCUT2D eigenvalue weighted by molar-refractivity contribution is -0.147. The quantitative estimate of drug-likeness (QED) is 0.530. The molecule has 9 heteroatoms. The summed E-state index contributed by atoms with van der Waals surface area (Å²) >= 11 is 1.26. The molecule has 1 heterocycles. The summed E-state index contributed by atoms with van der Waals surface area (Å²) in [6, 6.07) is 1.87. The molecule has 1 rings (SSSR count). The van der Waals surface area contributed by atoms with E-state index in [2.05, 4.69) is 10.6 Å². The van der Waals surface area contributed by atoms with Gasteiger partial charge in [0.25, 0.3) is 5.91 Å². The molecule has 0 spiro atoms. The first-order valence-corrected chi connectivity index (χ1v) is 6.83. The highest BCUT2D eigenvalue weighted by molar-refractivity contribution is 7.12. The number of nitrogens with one attached hydrogen (secondary N) is 2. The maximum Gasteiger partial charge on any atom is 0.326 e. The number of carboxylic acid groups (broad SMARTS) is 2. The molecule has 0 fully saturated rings. The zero-order valence-corrected chi connectivity index (χ0v) is 11.7. The SMILES string of the molecule is O=C(O)C[C@@H](NC(=O)CCNC(=O)c1cccs1)C(=O)O. The second kappa shape index (κ2) is 8.00. The van der Waals surface area contributed by atoms with Crippen LogP contribution >= 0.6 is 11.3 Å². The van der Waals surface area contributed by atoms with Crippen LogP contribution in [-0.2, 0) is 14.4 Å². The van der Waals surface area contributed by atoms with E-state index >= 15 is 0 Å². The molecule has 0 aliphatic rings. The predicted octanol–water partition coefficient (Wildman–Crippen LogP) is -0.0879. The Balaban J connectivity index is 2.34. The average Bonchev–Trinajstić information content (AvgIpc) is 2.91. The van der Waals surface area contributed by atoms with E-state index in [1.165, 1.54) is 11.3 Å². The lowest BCUT2D eigenvalue weighted by Gasteiger charge is -2.12. The topological polar surface area (TPSA) is 133 Å². The molecule has 8 nitrogen and oxygen atoms in total. The first kappa shape index (κ1) is 16.6. The molecule has 0 bridgehead atoms. The Morgan fingerprint density at radius 1 is 1.24 bits per heavy atom. The van der Waals surface area contributed by atoms with Gasteiger partial charge in [-0.3, -0.25) is 14.4 Å². The van der Waals surface area contributed by atoms with Crippen LogP contribution in [0.5, 0.6) is 0 Å². The van der Waals surface area contributed by atoms with Crippen molar-refractivity contribution >= 4 is 35.1 Å². The summed E-state index contributed by atoms with van der Waals surface area (Å²) in [4.78, 5) is 44.8. The fraction of sp³-hybridized carbons (Fsp3) is 0.333. The smallest absolute Gasteiger partial charge is 0.326 e. The van der Waals surface area contributed by atoms with Crippen molar-refractivity contribution in [2.24, 2.45) is 0 Å². The zero-order chi connectivity index (χ0) is 15.8. The number of carbonyl (C=O) groups is 4. The standard InChI is InChI=1S/C12H14N2O6S/c15-9(14-7(12(19)20)6-10(16)17)3-4-13-11(18)8-2-1-5-21-8/h1-2,5,7H,3-4,6H2,(H,13,18)(H,14,15)(H,16,17)(H,19,20)/t7-/m1/s1. The largest absolute Gasteiger partial charge is 0.481 e. The summed E-state index contributed by atoms with van der Waals surface area (Å²) in [5.74, 6) is -3.71. The first-order valence-electron chi connectivity index (χ1n) is 5.96. The third-order valence-corrected chi connectivity index (χ3v) is 3.26. The molecule has 0 saturated carbocycles. The van der Waals surface area contributed by atoms with Crippen molar-refractivity contribution in [2.75, 3.05) is 6.54 Å². The second-order valence-corrected chi connectivity index (χ2v) is 4.99. The van der Waals surface area contributed by atoms with Gasteiger partial charge in [0.05, 0.1) is 11.3 Å². The summed E-state index contributed by atoms with van der Waals surface area (Å²) in [5.41, 5.74) is 0. The van der Waals surface area contributed by atoms with Crippen LogP contribution in [0.4, 0.5) is 0 Å². The minimum Gasteiger partial charge on any atom is -0.481 e. The summed E-state index contributed by atoms with van der Waals surface area (Å²) in [5, 5.41) is 23.6. The molecule has 0 radical (unpaired) electrons. The lowest BCUT2D eigenvalue weighted by atomic mass is 10.2. The average molecular weight is 314 g/mol. The maximum atomic E-state index is 11.6. The van der Waals surface area contributed by atoms with Gasteiger partial charge in [0, 0.05) is 13.0 Å². The first-order chi connectivity index (χ1) is 9.90. The third-order valence-electron chi connectivity index (χ3n) is 2.39. The third kappa shape index (κ3) is 6.04. The van der Waals surface area contributed by atoms with Gasteiger partial charge in [-0.2, -0.15) is 0 Å². The number of aliphatic carboxylic acids is 2. The number of hydrogen-bond acceptors (Lipinski definition) is 5. The van der Waals surface area contributed by atoms with Gasteiger partial charge in [-0.15, -0.1) is 11.3 Å². The molecule has 114 valence electrons. The van der Waals surface area contributed by atoms with Gasteiger partial charge < -0.3 is 20.8 Å². The van der Waals surface area contributed by atoms with Crippen LogP contribution in [0.25, 0.3) is 0 Å². The minimum atomic E-state index is -1.48. The highest BCUT2D eigenvalue weighted by Crippen LogP contribution is 2.07. The fourth-order valence-corrected chi connectivity index (χ4v) is 2.07. The van der Waals surface area contributed by atoms with Crippen molar-refractivity contribution < 1.29 is 29.4 Å². The molecule has 0 saturated heterocycles. The van der Waals surface area contributed by atoms with Crippen LogP contribution in [0.15, 0.2) is 17.5 Å². The van der Waals surface area contributed by atoms with Gasteiger partial charge >= 0.3 is 11.9 Å². The Bertz CT molecular complexity index is 528. The normalized spacial score (nSPS) is 11.4. The van der Waals surface area contributed by atoms with Gasteiger partial charge in [0.15, 0.2) is 0 Å². The Kier molecular flexibility index (Phi) is 6.34. The van der Waals surface area contributed by atoms with Gasteiger partial charge in [0.1, 0.15) is 6.04 Å². The predicted molar refractivity (Wildman–Crippen MR) is 73.1 cm³/mol. The van der Waals surface area contributed by atoms with E-state index in [1.54, 1.807) is 17.5 Å². The zero-order valence-electron chi connectivity index (χ0n) is 10.9. The number of rotatable bonds is 8. The molecule has 2 amide bonds. The number of hydrogen-bond donors (Lipinski definition) is 4. The summed E-state index contributed by atoms with van der Waals surface area (Å²) in [6.45, 7) is 0.0297. The van der Waals surface area contributed by atoms with E-state index in [0.29, 0.717) is 4.88 Å². The minimum absolute atomic E-state index is 0.0297. The van der Waals surface area contributed by atoms with E-state index in [4.69, 9.17) is 10.2 Å². The molecule has 0 aliphatic carbocycles. The Labute approximate surface area is 123 Å². The molecular formula is C12H14N2O6S. The molecule has 1 atom stereocenters. The van der Waals surface area contributed by atoms with Crippen molar-refractivity contribution in [3.8, 4) is 0 Å². The van der Waals surface area contributed by atoms with Gasteiger partial charge in [-0.1, -0.05) is 6.07 Å². The van der Waals surface area contributed by atoms with Crippen LogP contribution in [0.3, 0.4) is 0 Å². The summed E-state index contributed by atoms with van der Waals surface area (Å²) < 4.78 is 0. The molecule has 4 N–H and O–H groups in total. The van der Waals surface area contributed by atoms with E-state index in [9.17, 15) is 19.2 Å². The van der Waals surface area contributed by atoms with Crippen LogP contribution in [0.1, 0.15) is 22.5 Å². The number of carboxylic acids is 2. The van der Waals surface area contributed by atoms with E-state index in [0.717, 1.165) is 0 Å². The molecule has 0 aliphatic heterocycles. The van der Waals surface area contributed by atoms with Crippen LogP contribution in [0, 0.1) is 0 Å². The highest BCUT2D eigenvalue weighted by atomic mass is 32.1. The van der Waals surface area contributed by atoms with Crippen LogP contribution in [-0.4, -0.2) is 46.6 Å². The molecule has 21 heavy (non-hydrogen) atoms. The monoisotopic (exact) mass is 314 g/mol. The maximum absolute atomic E-state index is 11.6. The number of carbonyl (C=O) groups excluding carboxylic acids is 2. The van der Waals surface area contributed by atoms with E-state index in [1.807, 2.05) is 0 Å². The highest BCUT2D eigenvalue weighted by Gasteiger charge is 2.22. The second-order valence-electron chi connectivity index (χ2n) is 4.04. The number of thiophene rings is 1. The molecule has 1 aromatic rings. The molecule has 0 aromatic carbocycles. The Morgan fingerprint density at radius 3 is 2.48 bits per heavy atom. The summed E-state index contributed by atoms with van der Waals surface area (Å²) in [7, 11) is 0. The molecule has 1 aromatic heterocycles. The fourth-order valence-electron chi connectivity index (χ4n) is 1.43. The number of amides is 2. The Morgan fingerprint density at radius 2 is 1.95 bits per heavy atom. The summed E-state index contributed by atoms with van der Waals surface area (Å²) in [6.07, 6.45) is -0.844.